The Balaban J connectivity index is 1.93. The summed E-state index contributed by atoms with van der Waals surface area (Å²) in [4.78, 5) is 12.9. The van der Waals surface area contributed by atoms with Crippen LogP contribution in [0.3, 0.4) is 0 Å². The largest absolute Gasteiger partial charge is 0.394 e. The molecule has 2 aliphatic heterocycles. The molecular formula is C34H65NO13. The van der Waals surface area contributed by atoms with Crippen molar-refractivity contribution in [1.29, 1.82) is 0 Å². The molecule has 0 aromatic rings. The van der Waals surface area contributed by atoms with Crippen molar-refractivity contribution in [2.45, 2.75) is 190 Å². The first-order valence-electron chi connectivity index (χ1n) is 18.3. The van der Waals surface area contributed by atoms with Crippen molar-refractivity contribution in [3.63, 3.8) is 0 Å². The molecule has 9 N–H and O–H groups in total. The average molecular weight is 696 g/mol. The quantitative estimate of drug-likeness (QED) is 0.0602. The lowest BCUT2D eigenvalue weighted by atomic mass is 9.97. The maximum absolute atomic E-state index is 12.9. The molecule has 0 radical (unpaired) electrons. The van der Waals surface area contributed by atoms with Crippen LogP contribution in [0.4, 0.5) is 0 Å². The minimum absolute atomic E-state index is 0.220. The van der Waals surface area contributed by atoms with E-state index in [9.17, 15) is 45.6 Å². The second-order valence-electron chi connectivity index (χ2n) is 13.4. The van der Waals surface area contributed by atoms with Crippen LogP contribution in [0.15, 0.2) is 0 Å². The van der Waals surface area contributed by atoms with Gasteiger partial charge in [-0.05, 0) is 12.8 Å². The Labute approximate surface area is 285 Å². The first-order chi connectivity index (χ1) is 23.1. The predicted molar refractivity (Wildman–Crippen MR) is 176 cm³/mol. The number of rotatable bonds is 25. The van der Waals surface area contributed by atoms with Crippen molar-refractivity contribution in [2.24, 2.45) is 0 Å². The molecule has 2 aliphatic rings. The summed E-state index contributed by atoms with van der Waals surface area (Å²) in [6.45, 7) is 2.65. The van der Waals surface area contributed by atoms with Crippen molar-refractivity contribution in [1.82, 2.24) is 5.32 Å². The summed E-state index contributed by atoms with van der Waals surface area (Å²) < 4.78 is 22.4. The Morgan fingerprint density at radius 1 is 0.667 bits per heavy atom. The van der Waals surface area contributed by atoms with Gasteiger partial charge < -0.3 is 65.1 Å². The molecule has 0 bridgehead atoms. The van der Waals surface area contributed by atoms with E-state index in [-0.39, 0.29) is 12.5 Å². The highest BCUT2D eigenvalue weighted by atomic mass is 16.7. The van der Waals surface area contributed by atoms with Gasteiger partial charge in [-0.2, -0.15) is 0 Å². The zero-order valence-corrected chi connectivity index (χ0v) is 29.0. The molecule has 48 heavy (non-hydrogen) atoms. The van der Waals surface area contributed by atoms with Gasteiger partial charge in [-0.3, -0.25) is 4.79 Å². The van der Waals surface area contributed by atoms with Gasteiger partial charge in [0.25, 0.3) is 0 Å². The van der Waals surface area contributed by atoms with E-state index >= 15 is 0 Å². The third-order valence-corrected chi connectivity index (χ3v) is 9.32. The molecule has 2 fully saturated rings. The van der Waals surface area contributed by atoms with Gasteiger partial charge in [0.2, 0.25) is 5.91 Å². The number of ether oxygens (including phenoxy) is 4. The van der Waals surface area contributed by atoms with Crippen LogP contribution >= 0.6 is 0 Å². The fraction of sp³-hybridized carbons (Fsp3) is 0.971. The Kier molecular flexibility index (Phi) is 21.8. The molecule has 0 aromatic carbocycles. The van der Waals surface area contributed by atoms with Gasteiger partial charge in [0, 0.05) is 6.42 Å². The Bertz CT molecular complexity index is 837. The van der Waals surface area contributed by atoms with Crippen LogP contribution in [0, 0.1) is 0 Å². The summed E-state index contributed by atoms with van der Waals surface area (Å²) in [5.41, 5.74) is 0. The lowest BCUT2D eigenvalue weighted by Gasteiger charge is -2.46. The first kappa shape index (κ1) is 43.2. The van der Waals surface area contributed by atoms with Gasteiger partial charge >= 0.3 is 0 Å². The molecule has 14 nitrogen and oxygen atoms in total. The number of aliphatic hydroxyl groups is 8. The lowest BCUT2D eigenvalue weighted by molar-refractivity contribution is -0.359. The molecule has 284 valence electrons. The van der Waals surface area contributed by atoms with Crippen molar-refractivity contribution in [3.8, 4) is 0 Å². The number of carbonyl (C=O) groups excluding carboxylic acids is 1. The summed E-state index contributed by atoms with van der Waals surface area (Å²) in [6, 6.07) is -0.814. The summed E-state index contributed by atoms with van der Waals surface area (Å²) in [5.74, 6) is -0.220. The normalized spacial score (nSPS) is 32.2. The topological polar surface area (TPSA) is 228 Å². The van der Waals surface area contributed by atoms with E-state index in [2.05, 4.69) is 19.2 Å². The Morgan fingerprint density at radius 3 is 1.77 bits per heavy atom. The standard InChI is InChI=1S/C34H65NO13/c1-3-5-7-9-10-11-12-13-14-16-18-26(39)35-22(23(38)17-15-8-6-4-2)21-45-33-31(44)29(42)32(25(20-37)47-33)48-34-30(43)28(41)27(40)24(19-36)46-34/h22-25,27-34,36-38,40-44H,3-21H2,1-2H3,(H,35,39). The van der Waals surface area contributed by atoms with Gasteiger partial charge in [0.1, 0.15) is 48.8 Å². The fourth-order valence-corrected chi connectivity index (χ4v) is 6.17. The van der Waals surface area contributed by atoms with Gasteiger partial charge in [-0.15, -0.1) is 0 Å². The number of unbranched alkanes of at least 4 members (excludes halogenated alkanes) is 12. The second kappa shape index (κ2) is 24.2. The van der Waals surface area contributed by atoms with Gasteiger partial charge in [0.15, 0.2) is 12.6 Å². The molecule has 12 unspecified atom stereocenters. The van der Waals surface area contributed by atoms with Crippen LogP contribution in [0.2, 0.25) is 0 Å². The number of amides is 1. The van der Waals surface area contributed by atoms with Crippen molar-refractivity contribution < 1.29 is 64.6 Å². The van der Waals surface area contributed by atoms with Crippen molar-refractivity contribution in [2.75, 3.05) is 19.8 Å². The number of hydrogen-bond acceptors (Lipinski definition) is 13. The van der Waals surface area contributed by atoms with Crippen LogP contribution in [-0.4, -0.2) is 140 Å². The van der Waals surface area contributed by atoms with E-state index in [0.29, 0.717) is 12.8 Å². The summed E-state index contributed by atoms with van der Waals surface area (Å²) in [5, 5.41) is 85.5. The van der Waals surface area contributed by atoms with E-state index in [1.54, 1.807) is 0 Å². The highest BCUT2D eigenvalue weighted by molar-refractivity contribution is 5.76. The van der Waals surface area contributed by atoms with Crippen LogP contribution in [0.1, 0.15) is 117 Å². The second-order valence-corrected chi connectivity index (χ2v) is 13.4. The van der Waals surface area contributed by atoms with Gasteiger partial charge in [0.05, 0.1) is 32.0 Å². The number of nitrogens with one attached hydrogen (secondary N) is 1. The molecule has 12 atom stereocenters. The number of carbonyl (C=O) groups is 1. The monoisotopic (exact) mass is 695 g/mol. The average Bonchev–Trinajstić information content (AvgIpc) is 3.08. The fourth-order valence-electron chi connectivity index (χ4n) is 6.17. The molecular weight excluding hydrogens is 630 g/mol. The SMILES string of the molecule is CCCCCCCCCCCCC(=O)NC(COC1OC(CO)C(OC2OC(CO)C(O)C(O)C2O)C(O)C1O)C(O)CCCCCC. The molecule has 14 heteroatoms. The van der Waals surface area contributed by atoms with E-state index in [4.69, 9.17) is 18.9 Å². The molecule has 0 aliphatic carbocycles. The van der Waals surface area contributed by atoms with Crippen molar-refractivity contribution >= 4 is 5.91 Å². The zero-order valence-electron chi connectivity index (χ0n) is 29.0. The summed E-state index contributed by atoms with van der Waals surface area (Å²) >= 11 is 0. The molecule has 0 saturated carbocycles. The van der Waals surface area contributed by atoms with Gasteiger partial charge in [-0.1, -0.05) is 97.3 Å². The summed E-state index contributed by atoms with van der Waals surface area (Å²) in [7, 11) is 0. The van der Waals surface area contributed by atoms with E-state index in [0.717, 1.165) is 51.4 Å². The van der Waals surface area contributed by atoms with Crippen LogP contribution in [0.5, 0.6) is 0 Å². The molecule has 2 heterocycles. The maximum Gasteiger partial charge on any atom is 0.220 e. The Morgan fingerprint density at radius 2 is 1.19 bits per heavy atom. The van der Waals surface area contributed by atoms with E-state index < -0.39 is 86.8 Å². The minimum atomic E-state index is -1.77. The third kappa shape index (κ3) is 14.3. The zero-order chi connectivity index (χ0) is 35.5. The minimum Gasteiger partial charge on any atom is -0.394 e. The molecule has 2 saturated heterocycles. The Hall–Kier alpha value is -1.01. The highest BCUT2D eigenvalue weighted by Gasteiger charge is 2.50. The number of aliphatic hydroxyl groups excluding tert-OH is 8. The molecule has 0 aromatic heterocycles. The van der Waals surface area contributed by atoms with Crippen LogP contribution in [-0.2, 0) is 23.7 Å². The molecule has 1 amide bonds. The first-order valence-corrected chi connectivity index (χ1v) is 18.3. The third-order valence-electron chi connectivity index (χ3n) is 9.32. The predicted octanol–water partition coefficient (Wildman–Crippen LogP) is 0.754. The maximum atomic E-state index is 12.9. The number of hydrogen-bond donors (Lipinski definition) is 9. The van der Waals surface area contributed by atoms with E-state index in [1.807, 2.05) is 0 Å². The smallest absolute Gasteiger partial charge is 0.220 e. The van der Waals surface area contributed by atoms with E-state index in [1.165, 1.54) is 38.5 Å². The van der Waals surface area contributed by atoms with Crippen LogP contribution in [0.25, 0.3) is 0 Å². The van der Waals surface area contributed by atoms with Gasteiger partial charge in [-0.25, -0.2) is 0 Å². The van der Waals surface area contributed by atoms with Crippen LogP contribution < -0.4 is 5.32 Å². The lowest BCUT2D eigenvalue weighted by Crippen LogP contribution is -2.65. The molecule has 2 rings (SSSR count). The molecule has 0 spiro atoms. The highest BCUT2D eigenvalue weighted by Crippen LogP contribution is 2.30. The summed E-state index contributed by atoms with van der Waals surface area (Å²) in [6.07, 6.45) is -0.717. The van der Waals surface area contributed by atoms with Crippen molar-refractivity contribution in [3.05, 3.63) is 0 Å².